The number of hydrogen-bond acceptors (Lipinski definition) is 2. The molecule has 2 aromatic rings. The Kier molecular flexibility index (Phi) is 5.62. The Morgan fingerprint density at radius 1 is 1.14 bits per heavy atom. The maximum Gasteiger partial charge on any atom is 0.140 e. The van der Waals surface area contributed by atoms with Crippen molar-refractivity contribution in [2.75, 3.05) is 0 Å². The lowest BCUT2D eigenvalue weighted by atomic mass is 10.2. The molecule has 2 aromatic carbocycles. The van der Waals surface area contributed by atoms with Gasteiger partial charge in [-0.05, 0) is 35.9 Å². The highest BCUT2D eigenvalue weighted by Gasteiger charge is 2.13. The third-order valence-electron chi connectivity index (χ3n) is 2.79. The zero-order valence-electron chi connectivity index (χ0n) is 11.8. The fourth-order valence-electron chi connectivity index (χ4n) is 1.78. The van der Waals surface area contributed by atoms with Crippen LogP contribution >= 0.6 is 23.4 Å². The number of halogens is 3. The predicted molar refractivity (Wildman–Crippen MR) is 83.9 cm³/mol. The van der Waals surface area contributed by atoms with Gasteiger partial charge < -0.3 is 5.32 Å². The molecule has 0 aliphatic heterocycles. The molecule has 0 unspecified atom stereocenters. The molecule has 21 heavy (non-hydrogen) atoms. The Labute approximate surface area is 132 Å². The van der Waals surface area contributed by atoms with Crippen LogP contribution in [0, 0.1) is 11.6 Å². The zero-order chi connectivity index (χ0) is 15.4. The third-order valence-corrected chi connectivity index (χ3v) is 4.11. The highest BCUT2D eigenvalue weighted by molar-refractivity contribution is 7.99. The van der Waals surface area contributed by atoms with Crippen molar-refractivity contribution >= 4 is 23.4 Å². The zero-order valence-corrected chi connectivity index (χ0v) is 13.4. The second-order valence-electron chi connectivity index (χ2n) is 4.98. The highest BCUT2D eigenvalue weighted by atomic mass is 35.5. The number of rotatable bonds is 5. The van der Waals surface area contributed by atoms with E-state index in [1.807, 2.05) is 13.8 Å². The van der Waals surface area contributed by atoms with Gasteiger partial charge in [0.2, 0.25) is 0 Å². The van der Waals surface area contributed by atoms with Gasteiger partial charge in [-0.25, -0.2) is 8.78 Å². The molecule has 0 aliphatic carbocycles. The maximum absolute atomic E-state index is 14.1. The summed E-state index contributed by atoms with van der Waals surface area (Å²) in [6.45, 7) is 4.40. The molecule has 0 aromatic heterocycles. The molecule has 5 heteroatoms. The van der Waals surface area contributed by atoms with E-state index in [4.69, 9.17) is 11.6 Å². The van der Waals surface area contributed by atoms with E-state index in [0.29, 0.717) is 22.0 Å². The van der Waals surface area contributed by atoms with Crippen molar-refractivity contribution in [3.05, 3.63) is 58.6 Å². The van der Waals surface area contributed by atoms with E-state index in [1.165, 1.54) is 12.1 Å². The van der Waals surface area contributed by atoms with Crippen molar-refractivity contribution in [1.29, 1.82) is 0 Å². The highest BCUT2D eigenvalue weighted by Crippen LogP contribution is 2.33. The first-order valence-corrected chi connectivity index (χ1v) is 7.80. The van der Waals surface area contributed by atoms with Crippen molar-refractivity contribution in [2.45, 2.75) is 36.2 Å². The van der Waals surface area contributed by atoms with Crippen LogP contribution < -0.4 is 5.32 Å². The molecule has 0 saturated carbocycles. The van der Waals surface area contributed by atoms with E-state index in [-0.39, 0.29) is 10.9 Å². The summed E-state index contributed by atoms with van der Waals surface area (Å²) in [5, 5.41) is 3.68. The van der Waals surface area contributed by atoms with Gasteiger partial charge in [0.1, 0.15) is 11.6 Å². The Hall–Kier alpha value is -1.10. The molecule has 0 fully saturated rings. The van der Waals surface area contributed by atoms with E-state index >= 15 is 0 Å². The Balaban J connectivity index is 2.21. The lowest BCUT2D eigenvalue weighted by Gasteiger charge is -2.11. The second-order valence-corrected chi connectivity index (χ2v) is 6.50. The fraction of sp³-hybridized carbons (Fsp3) is 0.250. The molecular formula is C16H16ClF2NS. The summed E-state index contributed by atoms with van der Waals surface area (Å²) >= 11 is 6.91. The van der Waals surface area contributed by atoms with Crippen molar-refractivity contribution < 1.29 is 8.78 Å². The summed E-state index contributed by atoms with van der Waals surface area (Å²) in [6, 6.07) is 9.91. The third kappa shape index (κ3) is 4.70. The van der Waals surface area contributed by atoms with E-state index < -0.39 is 11.6 Å². The molecule has 1 nitrogen and oxygen atoms in total. The second kappa shape index (κ2) is 7.25. The van der Waals surface area contributed by atoms with Gasteiger partial charge in [0.05, 0.1) is 4.90 Å². The molecule has 0 atom stereocenters. The standard InChI is InChI=1S/C16H16ClF2NS/c1-10(2)20-9-11-6-14(18)16(15(19)7-11)21-13-5-3-4-12(17)8-13/h3-8,10,20H,9H2,1-2H3. The summed E-state index contributed by atoms with van der Waals surface area (Å²) in [5.74, 6) is -1.11. The van der Waals surface area contributed by atoms with Crippen LogP contribution in [0.5, 0.6) is 0 Å². The van der Waals surface area contributed by atoms with E-state index in [9.17, 15) is 8.78 Å². The van der Waals surface area contributed by atoms with Crippen LogP contribution in [0.15, 0.2) is 46.2 Å². The minimum absolute atomic E-state index is 0.00874. The SMILES string of the molecule is CC(C)NCc1cc(F)c(Sc2cccc(Cl)c2)c(F)c1. The van der Waals surface area contributed by atoms with Gasteiger partial charge in [-0.2, -0.15) is 0 Å². The smallest absolute Gasteiger partial charge is 0.140 e. The largest absolute Gasteiger partial charge is 0.310 e. The van der Waals surface area contributed by atoms with Crippen LogP contribution in [0.25, 0.3) is 0 Å². The van der Waals surface area contributed by atoms with Crippen molar-refractivity contribution in [3.8, 4) is 0 Å². The molecular weight excluding hydrogens is 312 g/mol. The first kappa shape index (κ1) is 16.3. The lowest BCUT2D eigenvalue weighted by molar-refractivity contribution is 0.529. The fourth-order valence-corrected chi connectivity index (χ4v) is 2.92. The number of nitrogens with one attached hydrogen (secondary N) is 1. The molecule has 2 rings (SSSR count). The molecule has 0 saturated heterocycles. The van der Waals surface area contributed by atoms with E-state index in [2.05, 4.69) is 5.32 Å². The van der Waals surface area contributed by atoms with E-state index in [0.717, 1.165) is 11.8 Å². The van der Waals surface area contributed by atoms with Crippen LogP contribution in [0.4, 0.5) is 8.78 Å². The van der Waals surface area contributed by atoms with Crippen LogP contribution in [0.2, 0.25) is 5.02 Å². The summed E-state index contributed by atoms with van der Waals surface area (Å²) in [5.41, 5.74) is 0.592. The Morgan fingerprint density at radius 3 is 2.38 bits per heavy atom. The first-order chi connectivity index (χ1) is 9.95. The van der Waals surface area contributed by atoms with Crippen LogP contribution in [0.1, 0.15) is 19.4 Å². The molecule has 0 aliphatic rings. The van der Waals surface area contributed by atoms with Gasteiger partial charge in [-0.3, -0.25) is 0 Å². The molecule has 112 valence electrons. The molecule has 0 amide bonds. The van der Waals surface area contributed by atoms with Crippen LogP contribution in [0.3, 0.4) is 0 Å². The summed E-state index contributed by atoms with van der Waals surface area (Å²) in [4.78, 5) is 0.693. The van der Waals surface area contributed by atoms with Gasteiger partial charge in [0, 0.05) is 22.5 Å². The molecule has 0 spiro atoms. The van der Waals surface area contributed by atoms with Crippen LogP contribution in [-0.4, -0.2) is 6.04 Å². The first-order valence-electron chi connectivity index (χ1n) is 6.60. The Morgan fingerprint density at radius 2 is 1.81 bits per heavy atom. The quantitative estimate of drug-likeness (QED) is 0.803. The average Bonchev–Trinajstić information content (AvgIpc) is 2.40. The van der Waals surface area contributed by atoms with Gasteiger partial charge >= 0.3 is 0 Å². The summed E-state index contributed by atoms with van der Waals surface area (Å²) in [7, 11) is 0. The van der Waals surface area contributed by atoms with Gasteiger partial charge in [0.25, 0.3) is 0 Å². The molecule has 0 radical (unpaired) electrons. The normalized spacial score (nSPS) is 11.1. The molecule has 1 N–H and O–H groups in total. The summed E-state index contributed by atoms with van der Waals surface area (Å²) < 4.78 is 28.2. The van der Waals surface area contributed by atoms with Gasteiger partial charge in [-0.15, -0.1) is 0 Å². The molecule has 0 heterocycles. The minimum Gasteiger partial charge on any atom is -0.310 e. The monoisotopic (exact) mass is 327 g/mol. The van der Waals surface area contributed by atoms with Crippen LogP contribution in [-0.2, 0) is 6.54 Å². The topological polar surface area (TPSA) is 12.0 Å². The van der Waals surface area contributed by atoms with Crippen molar-refractivity contribution in [2.24, 2.45) is 0 Å². The van der Waals surface area contributed by atoms with Crippen molar-refractivity contribution in [1.82, 2.24) is 5.32 Å². The number of benzene rings is 2. The van der Waals surface area contributed by atoms with E-state index in [1.54, 1.807) is 24.3 Å². The maximum atomic E-state index is 14.1. The summed E-state index contributed by atoms with van der Waals surface area (Å²) in [6.07, 6.45) is 0. The predicted octanol–water partition coefficient (Wildman–Crippen LogP) is 5.27. The lowest BCUT2D eigenvalue weighted by Crippen LogP contribution is -2.22. The minimum atomic E-state index is -0.555. The number of hydrogen-bond donors (Lipinski definition) is 1. The average molecular weight is 328 g/mol. The van der Waals surface area contributed by atoms with Crippen molar-refractivity contribution in [3.63, 3.8) is 0 Å². The van der Waals surface area contributed by atoms with Gasteiger partial charge in [-0.1, -0.05) is 43.3 Å². The Bertz CT molecular complexity index is 608. The van der Waals surface area contributed by atoms with Gasteiger partial charge in [0.15, 0.2) is 0 Å². The molecule has 0 bridgehead atoms.